The summed E-state index contributed by atoms with van der Waals surface area (Å²) in [6, 6.07) is 24.0. The minimum absolute atomic E-state index is 0.0844. The Bertz CT molecular complexity index is 1240. The summed E-state index contributed by atoms with van der Waals surface area (Å²) in [5, 5.41) is 2.90. The van der Waals surface area contributed by atoms with E-state index in [-0.39, 0.29) is 18.2 Å². The molecule has 1 atom stereocenters. The Hall–Kier alpha value is -3.52. The fourth-order valence-electron chi connectivity index (χ4n) is 4.18. The number of carbonyl (C=O) groups is 1. The molecule has 35 heavy (non-hydrogen) atoms. The first-order valence-electron chi connectivity index (χ1n) is 11.8. The van der Waals surface area contributed by atoms with Gasteiger partial charge in [-0.05, 0) is 49.2 Å². The number of rotatable bonds is 9. The number of ether oxygens (including phenoxy) is 1. The Balaban J connectivity index is 1.47. The predicted molar refractivity (Wildman–Crippen MR) is 139 cm³/mol. The highest BCUT2D eigenvalue weighted by Crippen LogP contribution is 2.35. The number of nitrogens with one attached hydrogen (secondary N) is 1. The van der Waals surface area contributed by atoms with Crippen molar-refractivity contribution in [2.45, 2.75) is 32.2 Å². The lowest BCUT2D eigenvalue weighted by molar-refractivity contribution is -0.127. The molecule has 3 aromatic rings. The number of hydrogen-bond donors (Lipinski definition) is 1. The standard InChI is InChI=1S/C27H31N3O4S/c1-3-29(4-2)23-16-14-21(15-17-23)18-28-27(31)26-19-30(24-12-8-9-13-25(24)34-26)35(32,33)20-22-10-6-5-7-11-22/h5-17,26H,3-4,18-20H2,1-2H3,(H,28,31). The molecule has 3 aromatic carbocycles. The maximum Gasteiger partial charge on any atom is 0.263 e. The molecule has 184 valence electrons. The Kier molecular flexibility index (Phi) is 7.60. The summed E-state index contributed by atoms with van der Waals surface area (Å²) < 4.78 is 33.9. The minimum Gasteiger partial charge on any atom is -0.476 e. The van der Waals surface area contributed by atoms with E-state index in [0.29, 0.717) is 23.5 Å². The first-order valence-corrected chi connectivity index (χ1v) is 13.4. The van der Waals surface area contributed by atoms with Crippen LogP contribution in [0, 0.1) is 0 Å². The molecule has 1 aliphatic heterocycles. The molecule has 0 spiro atoms. The van der Waals surface area contributed by atoms with E-state index >= 15 is 0 Å². The average Bonchev–Trinajstić information content (AvgIpc) is 2.88. The molecule has 0 aromatic heterocycles. The minimum atomic E-state index is -3.73. The third-order valence-electron chi connectivity index (χ3n) is 6.09. The summed E-state index contributed by atoms with van der Waals surface area (Å²) in [5.74, 6) is -0.138. The fraction of sp³-hybridized carbons (Fsp3) is 0.296. The topological polar surface area (TPSA) is 79.0 Å². The van der Waals surface area contributed by atoms with Crippen LogP contribution >= 0.6 is 0 Å². The van der Waals surface area contributed by atoms with Gasteiger partial charge in [-0.2, -0.15) is 0 Å². The van der Waals surface area contributed by atoms with E-state index in [9.17, 15) is 13.2 Å². The molecule has 0 saturated heterocycles. The summed E-state index contributed by atoms with van der Waals surface area (Å²) in [4.78, 5) is 15.3. The molecule has 0 saturated carbocycles. The van der Waals surface area contributed by atoms with Crippen molar-refractivity contribution in [3.05, 3.63) is 90.0 Å². The van der Waals surface area contributed by atoms with Crippen molar-refractivity contribution in [1.82, 2.24) is 5.32 Å². The van der Waals surface area contributed by atoms with Crippen molar-refractivity contribution in [1.29, 1.82) is 0 Å². The van der Waals surface area contributed by atoms with Gasteiger partial charge < -0.3 is 15.0 Å². The van der Waals surface area contributed by atoms with Gasteiger partial charge in [-0.3, -0.25) is 9.10 Å². The van der Waals surface area contributed by atoms with Crippen LogP contribution in [-0.4, -0.2) is 40.1 Å². The van der Waals surface area contributed by atoms with E-state index in [4.69, 9.17) is 4.74 Å². The van der Waals surface area contributed by atoms with Gasteiger partial charge in [0, 0.05) is 25.3 Å². The van der Waals surface area contributed by atoms with Crippen molar-refractivity contribution in [3.8, 4) is 5.75 Å². The molecule has 0 fully saturated rings. The van der Waals surface area contributed by atoms with Crippen LogP contribution in [0.5, 0.6) is 5.75 Å². The maximum absolute atomic E-state index is 13.3. The maximum atomic E-state index is 13.3. The Labute approximate surface area is 207 Å². The van der Waals surface area contributed by atoms with Crippen LogP contribution in [0.1, 0.15) is 25.0 Å². The number of fused-ring (bicyclic) bond motifs is 1. The highest BCUT2D eigenvalue weighted by molar-refractivity contribution is 7.92. The van der Waals surface area contributed by atoms with Crippen LogP contribution in [0.2, 0.25) is 0 Å². The van der Waals surface area contributed by atoms with Crippen LogP contribution in [0.15, 0.2) is 78.9 Å². The number of para-hydroxylation sites is 2. The number of anilines is 2. The molecule has 1 heterocycles. The van der Waals surface area contributed by atoms with Gasteiger partial charge in [0.1, 0.15) is 5.75 Å². The van der Waals surface area contributed by atoms with Crippen molar-refractivity contribution >= 4 is 27.3 Å². The van der Waals surface area contributed by atoms with Crippen LogP contribution in [0.4, 0.5) is 11.4 Å². The molecule has 1 amide bonds. The summed E-state index contributed by atoms with van der Waals surface area (Å²) in [5.41, 5.74) is 3.22. The molecule has 0 aliphatic carbocycles. The Morgan fingerprint density at radius 1 is 0.943 bits per heavy atom. The molecular formula is C27H31N3O4S. The largest absolute Gasteiger partial charge is 0.476 e. The second-order valence-corrected chi connectivity index (χ2v) is 10.3. The SMILES string of the molecule is CCN(CC)c1ccc(CNC(=O)C2CN(S(=O)(=O)Cc3ccccc3)c3ccccc3O2)cc1. The fourth-order valence-corrected chi connectivity index (χ4v) is 5.76. The summed E-state index contributed by atoms with van der Waals surface area (Å²) >= 11 is 0. The van der Waals surface area contributed by atoms with Gasteiger partial charge in [-0.25, -0.2) is 8.42 Å². The van der Waals surface area contributed by atoms with Gasteiger partial charge in [-0.1, -0.05) is 54.6 Å². The normalized spacial score (nSPS) is 15.1. The molecule has 0 bridgehead atoms. The second-order valence-electron chi connectivity index (χ2n) is 8.40. The monoisotopic (exact) mass is 493 g/mol. The van der Waals surface area contributed by atoms with Crippen molar-refractivity contribution in [2.24, 2.45) is 0 Å². The summed E-state index contributed by atoms with van der Waals surface area (Å²) in [6.07, 6.45) is -0.953. The zero-order chi connectivity index (χ0) is 24.8. The van der Waals surface area contributed by atoms with Crippen LogP contribution < -0.4 is 19.3 Å². The molecule has 1 N–H and O–H groups in total. The smallest absolute Gasteiger partial charge is 0.263 e. The summed E-state index contributed by atoms with van der Waals surface area (Å²) in [6.45, 7) is 6.33. The van der Waals surface area contributed by atoms with Crippen molar-refractivity contribution in [3.63, 3.8) is 0 Å². The van der Waals surface area contributed by atoms with E-state index in [1.165, 1.54) is 4.31 Å². The van der Waals surface area contributed by atoms with E-state index in [0.717, 1.165) is 24.3 Å². The third-order valence-corrected chi connectivity index (χ3v) is 7.80. The van der Waals surface area contributed by atoms with Gasteiger partial charge in [0.2, 0.25) is 10.0 Å². The van der Waals surface area contributed by atoms with E-state index < -0.39 is 16.1 Å². The van der Waals surface area contributed by atoms with Crippen LogP contribution in [0.25, 0.3) is 0 Å². The van der Waals surface area contributed by atoms with E-state index in [2.05, 4.69) is 24.1 Å². The quantitative estimate of drug-likeness (QED) is 0.488. The molecule has 7 nitrogen and oxygen atoms in total. The van der Waals surface area contributed by atoms with Gasteiger partial charge in [0.05, 0.1) is 18.0 Å². The van der Waals surface area contributed by atoms with Gasteiger partial charge in [0.15, 0.2) is 6.10 Å². The van der Waals surface area contributed by atoms with E-state index in [1.54, 1.807) is 36.4 Å². The van der Waals surface area contributed by atoms with Gasteiger partial charge >= 0.3 is 0 Å². The predicted octanol–water partition coefficient (Wildman–Crippen LogP) is 3.95. The highest BCUT2D eigenvalue weighted by atomic mass is 32.2. The third kappa shape index (κ3) is 5.77. The lowest BCUT2D eigenvalue weighted by atomic mass is 10.1. The average molecular weight is 494 g/mol. The highest BCUT2D eigenvalue weighted by Gasteiger charge is 2.36. The molecule has 1 unspecified atom stereocenters. The first-order chi connectivity index (χ1) is 16.9. The lowest BCUT2D eigenvalue weighted by Crippen LogP contribution is -2.50. The number of nitrogens with zero attached hydrogens (tertiary/aromatic N) is 2. The Morgan fingerprint density at radius 2 is 1.60 bits per heavy atom. The molecule has 0 radical (unpaired) electrons. The number of hydrogen-bond acceptors (Lipinski definition) is 5. The number of amides is 1. The second kappa shape index (κ2) is 10.8. The van der Waals surface area contributed by atoms with Crippen LogP contribution in [-0.2, 0) is 27.1 Å². The molecule has 1 aliphatic rings. The van der Waals surface area contributed by atoms with Crippen LogP contribution in [0.3, 0.4) is 0 Å². The van der Waals surface area contributed by atoms with E-state index in [1.807, 2.05) is 42.5 Å². The number of carbonyl (C=O) groups excluding carboxylic acids is 1. The van der Waals surface area contributed by atoms with Gasteiger partial charge in [0.25, 0.3) is 5.91 Å². The van der Waals surface area contributed by atoms with Crippen molar-refractivity contribution in [2.75, 3.05) is 28.8 Å². The lowest BCUT2D eigenvalue weighted by Gasteiger charge is -2.34. The molecular weight excluding hydrogens is 462 g/mol. The number of sulfonamides is 1. The molecule has 8 heteroatoms. The zero-order valence-electron chi connectivity index (χ0n) is 20.1. The van der Waals surface area contributed by atoms with Gasteiger partial charge in [-0.15, -0.1) is 0 Å². The Morgan fingerprint density at radius 3 is 2.29 bits per heavy atom. The van der Waals surface area contributed by atoms with Crippen molar-refractivity contribution < 1.29 is 17.9 Å². The zero-order valence-corrected chi connectivity index (χ0v) is 20.9. The summed E-state index contributed by atoms with van der Waals surface area (Å²) in [7, 11) is -3.73. The molecule has 4 rings (SSSR count). The first kappa shape index (κ1) is 24.6. The number of benzene rings is 3.